The number of nitrogens with one attached hydrogen (secondary N) is 1. The Labute approximate surface area is 238 Å². The van der Waals surface area contributed by atoms with E-state index in [1.54, 1.807) is 18.9 Å². The number of hydrogen-bond acceptors (Lipinski definition) is 7. The minimum Gasteiger partial charge on any atom is -0.496 e. The summed E-state index contributed by atoms with van der Waals surface area (Å²) in [6, 6.07) is 23.4. The number of para-hydroxylation sites is 1. The Kier molecular flexibility index (Phi) is 10.6. The highest BCUT2D eigenvalue weighted by Crippen LogP contribution is 2.43. The van der Waals surface area contributed by atoms with Crippen LogP contribution in [0.5, 0.6) is 5.75 Å². The van der Waals surface area contributed by atoms with Crippen molar-refractivity contribution in [2.75, 3.05) is 12.9 Å². The number of amides is 1. The van der Waals surface area contributed by atoms with Gasteiger partial charge in [0.15, 0.2) is 6.29 Å². The van der Waals surface area contributed by atoms with E-state index in [1.807, 2.05) is 72.8 Å². The van der Waals surface area contributed by atoms with Crippen LogP contribution in [0.3, 0.4) is 0 Å². The van der Waals surface area contributed by atoms with Crippen LogP contribution in [0.15, 0.2) is 77.7 Å². The van der Waals surface area contributed by atoms with E-state index in [4.69, 9.17) is 19.3 Å². The summed E-state index contributed by atoms with van der Waals surface area (Å²) < 4.78 is 18.6. The molecule has 4 rings (SSSR count). The molecule has 0 radical (unpaired) electrons. The van der Waals surface area contributed by atoms with E-state index in [2.05, 4.69) is 12.2 Å². The second kappa shape index (κ2) is 14.3. The molecule has 3 aromatic carbocycles. The van der Waals surface area contributed by atoms with Gasteiger partial charge in [-0.05, 0) is 28.8 Å². The van der Waals surface area contributed by atoms with Gasteiger partial charge in [0.2, 0.25) is 5.91 Å². The van der Waals surface area contributed by atoms with Gasteiger partial charge in [-0.1, -0.05) is 67.6 Å². The minimum absolute atomic E-state index is 0.0162. The number of aliphatic hydroxyl groups is 1. The van der Waals surface area contributed by atoms with E-state index in [1.165, 1.54) is 0 Å². The zero-order valence-corrected chi connectivity index (χ0v) is 23.4. The summed E-state index contributed by atoms with van der Waals surface area (Å²) in [7, 11) is 1.67. The van der Waals surface area contributed by atoms with Gasteiger partial charge >= 0.3 is 5.97 Å². The van der Waals surface area contributed by atoms with Crippen molar-refractivity contribution in [2.24, 2.45) is 5.92 Å². The maximum absolute atomic E-state index is 11.9. The van der Waals surface area contributed by atoms with Crippen LogP contribution in [0.25, 0.3) is 0 Å². The van der Waals surface area contributed by atoms with Gasteiger partial charge in [-0.3, -0.25) is 9.59 Å². The first kappa shape index (κ1) is 29.6. The molecule has 0 aliphatic carbocycles. The highest BCUT2D eigenvalue weighted by atomic mass is 32.2. The van der Waals surface area contributed by atoms with Gasteiger partial charge in [0.1, 0.15) is 5.75 Å². The standard InChI is InChI=1S/C31H35NO7S/c1-20-26(19-40-27-6-4-3-5-25(27)37-2)38-31(39-30(20)23-11-9-22(18-33)10-12-23)24-13-7-21(8-14-24)17-32-28(34)15-16-29(35)36/h3-14,20,26,30-31,33H,15-19H2,1-2H3,(H,32,34)(H,35,36)/t20-,26+,30+,31+/m1/s1. The summed E-state index contributed by atoms with van der Waals surface area (Å²) in [5.74, 6) is 0.283. The van der Waals surface area contributed by atoms with Crippen molar-refractivity contribution in [3.63, 3.8) is 0 Å². The van der Waals surface area contributed by atoms with Crippen molar-refractivity contribution in [3.05, 3.63) is 95.1 Å². The third-order valence-electron chi connectivity index (χ3n) is 6.90. The predicted octanol–water partition coefficient (Wildman–Crippen LogP) is 5.25. The van der Waals surface area contributed by atoms with Crippen molar-refractivity contribution in [1.29, 1.82) is 0 Å². The smallest absolute Gasteiger partial charge is 0.303 e. The lowest BCUT2D eigenvalue weighted by Gasteiger charge is -2.41. The summed E-state index contributed by atoms with van der Waals surface area (Å²) in [5.41, 5.74) is 3.60. The van der Waals surface area contributed by atoms with Crippen molar-refractivity contribution >= 4 is 23.6 Å². The fourth-order valence-electron chi connectivity index (χ4n) is 4.52. The van der Waals surface area contributed by atoms with Crippen molar-refractivity contribution < 1.29 is 34.0 Å². The first-order chi connectivity index (χ1) is 19.4. The zero-order chi connectivity index (χ0) is 28.5. The van der Waals surface area contributed by atoms with E-state index in [-0.39, 0.29) is 43.5 Å². The van der Waals surface area contributed by atoms with Crippen LogP contribution in [0, 0.1) is 5.92 Å². The molecule has 8 nitrogen and oxygen atoms in total. The maximum Gasteiger partial charge on any atom is 0.303 e. The average Bonchev–Trinajstić information content (AvgIpc) is 2.99. The Morgan fingerprint density at radius 3 is 2.27 bits per heavy atom. The number of methoxy groups -OCH3 is 1. The number of carbonyl (C=O) groups is 2. The van der Waals surface area contributed by atoms with Crippen molar-refractivity contribution in [2.45, 2.75) is 56.3 Å². The number of carboxylic acid groups (broad SMARTS) is 1. The minimum atomic E-state index is -0.997. The predicted molar refractivity (Wildman–Crippen MR) is 152 cm³/mol. The lowest BCUT2D eigenvalue weighted by molar-refractivity contribution is -0.268. The third-order valence-corrected chi connectivity index (χ3v) is 8.05. The lowest BCUT2D eigenvalue weighted by Crippen LogP contribution is -2.38. The van der Waals surface area contributed by atoms with Crippen LogP contribution in [-0.2, 0) is 32.2 Å². The molecule has 1 heterocycles. The van der Waals surface area contributed by atoms with Crippen LogP contribution in [0.1, 0.15) is 54.4 Å². The fraction of sp³-hybridized carbons (Fsp3) is 0.355. The summed E-state index contributed by atoms with van der Waals surface area (Å²) >= 11 is 1.68. The number of aliphatic hydroxyl groups excluding tert-OH is 1. The molecule has 1 fully saturated rings. The summed E-state index contributed by atoms with van der Waals surface area (Å²) in [6.07, 6.45) is -1.18. The van der Waals surface area contributed by atoms with E-state index < -0.39 is 12.3 Å². The highest BCUT2D eigenvalue weighted by molar-refractivity contribution is 7.99. The Morgan fingerprint density at radius 2 is 1.60 bits per heavy atom. The van der Waals surface area contributed by atoms with Gasteiger partial charge < -0.3 is 29.7 Å². The van der Waals surface area contributed by atoms with Crippen LogP contribution >= 0.6 is 11.8 Å². The van der Waals surface area contributed by atoms with Gasteiger partial charge in [-0.25, -0.2) is 0 Å². The Bertz CT molecular complexity index is 1270. The molecule has 1 aliphatic rings. The second-order valence-electron chi connectivity index (χ2n) is 9.70. The Morgan fingerprint density at radius 1 is 0.925 bits per heavy atom. The highest BCUT2D eigenvalue weighted by Gasteiger charge is 2.38. The number of thioether (sulfide) groups is 1. The molecule has 9 heteroatoms. The van der Waals surface area contributed by atoms with Crippen LogP contribution in [0.4, 0.5) is 0 Å². The van der Waals surface area contributed by atoms with E-state index >= 15 is 0 Å². The number of carbonyl (C=O) groups excluding carboxylic acids is 1. The van der Waals surface area contributed by atoms with E-state index in [0.717, 1.165) is 32.9 Å². The number of benzene rings is 3. The molecule has 1 amide bonds. The Hall–Kier alpha value is -3.37. The van der Waals surface area contributed by atoms with Gasteiger partial charge in [-0.2, -0.15) is 0 Å². The fourth-order valence-corrected chi connectivity index (χ4v) is 5.72. The molecule has 40 heavy (non-hydrogen) atoms. The molecule has 1 saturated heterocycles. The summed E-state index contributed by atoms with van der Waals surface area (Å²) in [5, 5.41) is 21.0. The zero-order valence-electron chi connectivity index (χ0n) is 22.6. The molecular formula is C31H35NO7S. The second-order valence-corrected chi connectivity index (χ2v) is 10.8. The third kappa shape index (κ3) is 7.85. The van der Waals surface area contributed by atoms with Crippen LogP contribution < -0.4 is 10.1 Å². The number of carboxylic acids is 1. The van der Waals surface area contributed by atoms with E-state index in [9.17, 15) is 14.7 Å². The monoisotopic (exact) mass is 565 g/mol. The molecule has 0 bridgehead atoms. The molecule has 0 unspecified atom stereocenters. The maximum atomic E-state index is 11.9. The first-order valence-corrected chi connectivity index (χ1v) is 14.2. The number of rotatable bonds is 12. The van der Waals surface area contributed by atoms with Gasteiger partial charge in [0.05, 0.1) is 32.3 Å². The molecule has 1 aliphatic heterocycles. The number of ether oxygens (including phenoxy) is 3. The molecule has 0 saturated carbocycles. The van der Waals surface area contributed by atoms with Gasteiger partial charge in [-0.15, -0.1) is 11.8 Å². The van der Waals surface area contributed by atoms with E-state index in [0.29, 0.717) is 12.3 Å². The van der Waals surface area contributed by atoms with Crippen molar-refractivity contribution in [1.82, 2.24) is 5.32 Å². The largest absolute Gasteiger partial charge is 0.496 e. The topological polar surface area (TPSA) is 114 Å². The quantitative estimate of drug-likeness (QED) is 0.255. The average molecular weight is 566 g/mol. The van der Waals surface area contributed by atoms with Gasteiger partial charge in [0, 0.05) is 35.1 Å². The molecule has 0 aromatic heterocycles. The molecular weight excluding hydrogens is 530 g/mol. The molecule has 4 atom stereocenters. The molecule has 3 N–H and O–H groups in total. The molecule has 3 aromatic rings. The van der Waals surface area contributed by atoms with Crippen LogP contribution in [0.2, 0.25) is 0 Å². The SMILES string of the molecule is COc1ccccc1SC[C@@H]1O[C@H](c2ccc(CNC(=O)CCC(=O)O)cc2)O[C@H](c2ccc(CO)cc2)[C@@H]1C. The van der Waals surface area contributed by atoms with Crippen LogP contribution in [-0.4, -0.2) is 41.1 Å². The molecule has 0 spiro atoms. The van der Waals surface area contributed by atoms with Gasteiger partial charge in [0.25, 0.3) is 0 Å². The summed E-state index contributed by atoms with van der Waals surface area (Å²) in [6.45, 7) is 2.42. The summed E-state index contributed by atoms with van der Waals surface area (Å²) in [4.78, 5) is 23.6. The Balaban J connectivity index is 1.49. The lowest BCUT2D eigenvalue weighted by atomic mass is 9.91. The first-order valence-electron chi connectivity index (χ1n) is 13.2. The number of aliphatic carboxylic acids is 1. The molecule has 212 valence electrons. The normalized spacial score (nSPS) is 20.6. The van der Waals surface area contributed by atoms with Crippen molar-refractivity contribution in [3.8, 4) is 5.75 Å². The number of hydrogen-bond donors (Lipinski definition) is 3.